The Kier molecular flexibility index (Phi) is 8.64. The minimum absolute atomic E-state index is 0.0952. The number of para-hydroxylation sites is 1. The zero-order valence-electron chi connectivity index (χ0n) is 24.9. The van der Waals surface area contributed by atoms with E-state index >= 15 is 0 Å². The molecule has 230 valence electrons. The molecule has 2 amide bonds. The number of nitrogens with zero attached hydrogens (tertiary/aromatic N) is 4. The number of rotatable bonds is 9. The first-order valence-corrected chi connectivity index (χ1v) is 13.8. The van der Waals surface area contributed by atoms with Crippen molar-refractivity contribution in [1.82, 2.24) is 24.8 Å². The van der Waals surface area contributed by atoms with Gasteiger partial charge in [0.1, 0.15) is 36.0 Å². The van der Waals surface area contributed by atoms with Gasteiger partial charge in [0.05, 0.1) is 6.33 Å². The van der Waals surface area contributed by atoms with E-state index in [2.05, 4.69) is 25.6 Å². The minimum atomic E-state index is -0.875. The van der Waals surface area contributed by atoms with Gasteiger partial charge < -0.3 is 33.7 Å². The maximum Gasteiger partial charge on any atom is 0.413 e. The van der Waals surface area contributed by atoms with Crippen LogP contribution in [0.15, 0.2) is 43.0 Å². The number of aromatic nitrogens is 4. The van der Waals surface area contributed by atoms with Crippen LogP contribution in [0.4, 0.5) is 10.6 Å². The van der Waals surface area contributed by atoms with Crippen molar-refractivity contribution in [1.29, 1.82) is 0 Å². The van der Waals surface area contributed by atoms with E-state index < -0.39 is 42.0 Å². The Morgan fingerprint density at radius 3 is 2.65 bits per heavy atom. The van der Waals surface area contributed by atoms with Crippen LogP contribution in [0.3, 0.4) is 0 Å². The number of nitrogens with one attached hydrogen (secondary N) is 2. The maximum absolute atomic E-state index is 12.7. The number of hydrogen-bond acceptors (Lipinski definition) is 11. The molecule has 0 spiro atoms. The number of ether oxygens (including phenoxy) is 6. The molecule has 1 unspecified atom stereocenters. The zero-order chi connectivity index (χ0) is 30.8. The van der Waals surface area contributed by atoms with Gasteiger partial charge in [-0.05, 0) is 46.8 Å². The van der Waals surface area contributed by atoms with E-state index in [1.807, 2.05) is 32.0 Å². The van der Waals surface area contributed by atoms with Crippen LogP contribution in [0, 0.1) is 0 Å². The Morgan fingerprint density at radius 2 is 1.88 bits per heavy atom. The van der Waals surface area contributed by atoms with Crippen LogP contribution < -0.4 is 15.4 Å². The van der Waals surface area contributed by atoms with E-state index in [1.165, 1.54) is 19.5 Å². The average Bonchev–Trinajstić information content (AvgIpc) is 3.60. The molecule has 0 radical (unpaired) electrons. The summed E-state index contributed by atoms with van der Waals surface area (Å²) in [4.78, 5) is 38.1. The second-order valence-corrected chi connectivity index (χ2v) is 11.5. The van der Waals surface area contributed by atoms with Crippen LogP contribution in [0.2, 0.25) is 0 Å². The predicted molar refractivity (Wildman–Crippen MR) is 154 cm³/mol. The van der Waals surface area contributed by atoms with Gasteiger partial charge in [0.15, 0.2) is 35.8 Å². The fraction of sp³-hybridized carbons (Fsp3) is 0.483. The summed E-state index contributed by atoms with van der Waals surface area (Å²) in [5.41, 5.74) is 0.817. The van der Waals surface area contributed by atoms with Gasteiger partial charge in [-0.3, -0.25) is 14.7 Å². The Hall–Kier alpha value is -4.11. The third-order valence-corrected chi connectivity index (χ3v) is 6.52. The molecule has 0 bridgehead atoms. The topological polar surface area (TPSA) is 157 Å². The number of amides is 2. The Bertz CT molecular complexity index is 1500. The summed E-state index contributed by atoms with van der Waals surface area (Å²) in [6, 6.07) is 7.32. The zero-order valence-corrected chi connectivity index (χ0v) is 24.9. The third kappa shape index (κ3) is 7.10. The lowest BCUT2D eigenvalue weighted by Gasteiger charge is -2.24. The number of methoxy groups -OCH3 is 1. The summed E-state index contributed by atoms with van der Waals surface area (Å²) in [5.74, 6) is -0.402. The summed E-state index contributed by atoms with van der Waals surface area (Å²) < 4.78 is 36.3. The summed E-state index contributed by atoms with van der Waals surface area (Å²) in [6.45, 7) is 9.20. The molecular formula is C29H36N6O8. The van der Waals surface area contributed by atoms with Crippen molar-refractivity contribution in [3.05, 3.63) is 48.6 Å². The first-order valence-electron chi connectivity index (χ1n) is 13.8. The van der Waals surface area contributed by atoms with Gasteiger partial charge in [-0.15, -0.1) is 0 Å². The Labute approximate surface area is 248 Å². The van der Waals surface area contributed by atoms with Crippen molar-refractivity contribution in [2.75, 3.05) is 25.8 Å². The molecule has 43 heavy (non-hydrogen) atoms. The van der Waals surface area contributed by atoms with Crippen LogP contribution in [-0.2, 0) is 28.5 Å². The number of carbonyl (C=O) groups is 2. The average molecular weight is 597 g/mol. The predicted octanol–water partition coefficient (Wildman–Crippen LogP) is 3.40. The van der Waals surface area contributed by atoms with E-state index in [0.29, 0.717) is 16.9 Å². The van der Waals surface area contributed by atoms with Crippen LogP contribution in [0.25, 0.3) is 17.2 Å². The van der Waals surface area contributed by atoms with Gasteiger partial charge in [-0.2, -0.15) is 0 Å². The number of benzene rings is 1. The largest absolute Gasteiger partial charge is 0.467 e. The fourth-order valence-electron chi connectivity index (χ4n) is 4.87. The summed E-state index contributed by atoms with van der Waals surface area (Å²) in [5, 5.41) is 5.52. The number of anilines is 1. The number of fused-ring (bicyclic) bond motifs is 2. The van der Waals surface area contributed by atoms with Gasteiger partial charge in [0.2, 0.25) is 5.91 Å². The van der Waals surface area contributed by atoms with Gasteiger partial charge in [0, 0.05) is 25.3 Å². The maximum atomic E-state index is 12.7. The molecule has 2 saturated heterocycles. The second kappa shape index (κ2) is 12.2. The highest BCUT2D eigenvalue weighted by Gasteiger charge is 2.56. The van der Waals surface area contributed by atoms with E-state index in [4.69, 9.17) is 28.4 Å². The van der Waals surface area contributed by atoms with Crippen molar-refractivity contribution >= 4 is 35.1 Å². The van der Waals surface area contributed by atoms with Crippen LogP contribution in [-0.4, -0.2) is 81.7 Å². The van der Waals surface area contributed by atoms with Crippen molar-refractivity contribution < 1.29 is 38.0 Å². The van der Waals surface area contributed by atoms with E-state index in [-0.39, 0.29) is 25.1 Å². The summed E-state index contributed by atoms with van der Waals surface area (Å²) in [7, 11) is 1.54. The minimum Gasteiger partial charge on any atom is -0.467 e. The standard InChI is InChI=1S/C29H36N6O8/c1-28(2,3)43-27(37)34-24-21-25(32-14-31-24)35(15-33-21)26-23-22(41-29(4,5)42-23)19(40-26)13-30-20(36)12-11-17-9-7-8-10-18(17)39-16-38-6/h7-12,14-15,19,22-23,26H,13,16H2,1-6H3,(H,30,36)(H,31,32,34,37)/b12-11+/t19-,22+,23?,26-/m1/s1. The first kappa shape index (κ1) is 30.4. The van der Waals surface area contributed by atoms with Crippen molar-refractivity contribution in [3.63, 3.8) is 0 Å². The molecule has 0 aliphatic carbocycles. The molecule has 0 saturated carbocycles. The molecular weight excluding hydrogens is 560 g/mol. The first-order chi connectivity index (χ1) is 20.4. The van der Waals surface area contributed by atoms with Crippen molar-refractivity contribution in [3.8, 4) is 5.75 Å². The highest BCUT2D eigenvalue weighted by Crippen LogP contribution is 2.43. The second-order valence-electron chi connectivity index (χ2n) is 11.5. The lowest BCUT2D eigenvalue weighted by atomic mass is 10.1. The van der Waals surface area contributed by atoms with E-state index in [1.54, 1.807) is 43.8 Å². The Morgan fingerprint density at radius 1 is 1.12 bits per heavy atom. The normalized spacial score (nSPS) is 22.9. The number of hydrogen-bond donors (Lipinski definition) is 2. The van der Waals surface area contributed by atoms with Gasteiger partial charge in [-0.1, -0.05) is 18.2 Å². The molecule has 2 aliphatic heterocycles. The van der Waals surface area contributed by atoms with Crippen LogP contribution in [0.1, 0.15) is 46.4 Å². The Balaban J connectivity index is 1.30. The van der Waals surface area contributed by atoms with Crippen molar-refractivity contribution in [2.24, 2.45) is 0 Å². The molecule has 5 rings (SSSR count). The molecule has 2 fully saturated rings. The monoisotopic (exact) mass is 596 g/mol. The molecule has 3 aromatic rings. The molecule has 1 aromatic carbocycles. The highest BCUT2D eigenvalue weighted by atomic mass is 16.8. The molecule has 2 aromatic heterocycles. The summed E-state index contributed by atoms with van der Waals surface area (Å²) >= 11 is 0. The fourth-order valence-corrected chi connectivity index (χ4v) is 4.87. The van der Waals surface area contributed by atoms with Gasteiger partial charge in [0.25, 0.3) is 0 Å². The number of imidazole rings is 1. The molecule has 14 nitrogen and oxygen atoms in total. The van der Waals surface area contributed by atoms with Crippen LogP contribution >= 0.6 is 0 Å². The van der Waals surface area contributed by atoms with Gasteiger partial charge in [-0.25, -0.2) is 19.7 Å². The molecule has 2 N–H and O–H groups in total. The SMILES string of the molecule is COCOc1ccccc1/C=C/C(=O)NC[C@H]1O[C@@H](n2cnc3c(NC(=O)OC(C)(C)C)ncnc32)C2OC(C)(C)O[C@H]21. The smallest absolute Gasteiger partial charge is 0.413 e. The molecule has 2 aliphatic rings. The quantitative estimate of drug-likeness (QED) is 0.276. The van der Waals surface area contributed by atoms with E-state index in [0.717, 1.165) is 5.56 Å². The molecule has 4 heterocycles. The molecule has 14 heteroatoms. The van der Waals surface area contributed by atoms with Crippen molar-refractivity contribution in [2.45, 2.75) is 70.5 Å². The highest BCUT2D eigenvalue weighted by molar-refractivity contribution is 5.93. The van der Waals surface area contributed by atoms with Gasteiger partial charge >= 0.3 is 6.09 Å². The summed E-state index contributed by atoms with van der Waals surface area (Å²) in [6.07, 6.45) is 3.07. The molecule has 4 atom stereocenters. The number of carbonyl (C=O) groups excluding carboxylic acids is 2. The van der Waals surface area contributed by atoms with E-state index in [9.17, 15) is 9.59 Å². The third-order valence-electron chi connectivity index (χ3n) is 6.52. The van der Waals surface area contributed by atoms with Crippen LogP contribution in [0.5, 0.6) is 5.75 Å². The lowest BCUT2D eigenvalue weighted by molar-refractivity contribution is -0.195. The lowest BCUT2D eigenvalue weighted by Crippen LogP contribution is -2.39.